The monoisotopic (exact) mass is 540 g/mol. The van der Waals surface area contributed by atoms with Gasteiger partial charge in [0.2, 0.25) is 0 Å². The van der Waals surface area contributed by atoms with Crippen molar-refractivity contribution in [2.24, 2.45) is 4.99 Å². The molecule has 0 saturated heterocycles. The van der Waals surface area contributed by atoms with Gasteiger partial charge in [-0.25, -0.2) is 0 Å². The Morgan fingerprint density at radius 3 is 2.60 bits per heavy atom. The normalized spacial score (nSPS) is 12.9. The zero-order valence-electron chi connectivity index (χ0n) is 24.0. The number of hydrogen-bond acceptors (Lipinski definition) is 6. The van der Waals surface area contributed by atoms with Crippen LogP contribution in [0.4, 0.5) is 5.69 Å². The predicted octanol–water partition coefficient (Wildman–Crippen LogP) is 6.10. The maximum Gasteiger partial charge on any atom is 0.273 e. The van der Waals surface area contributed by atoms with E-state index >= 15 is 0 Å². The van der Waals surface area contributed by atoms with Crippen LogP contribution in [0.3, 0.4) is 0 Å². The van der Waals surface area contributed by atoms with Crippen LogP contribution in [0.25, 0.3) is 0 Å². The first-order valence-corrected chi connectivity index (χ1v) is 13.3. The second-order valence-electron chi connectivity index (χ2n) is 8.80. The average Bonchev–Trinajstić information content (AvgIpc) is 3.13. The highest BCUT2D eigenvalue weighted by molar-refractivity contribution is 6.05. The molecular formula is C32H40N6O2. The molecule has 40 heavy (non-hydrogen) atoms. The lowest BCUT2D eigenvalue weighted by molar-refractivity contribution is -0.112. The number of aliphatic imine (C=N–C) groups is 1. The molecule has 3 N–H and O–H groups in total. The molecule has 0 bridgehead atoms. The first kappa shape index (κ1) is 31.4. The van der Waals surface area contributed by atoms with Crippen molar-refractivity contribution < 1.29 is 9.53 Å². The fourth-order valence-corrected chi connectivity index (χ4v) is 3.82. The molecular weight excluding hydrogens is 500 g/mol. The van der Waals surface area contributed by atoms with Gasteiger partial charge in [0.15, 0.2) is 0 Å². The lowest BCUT2D eigenvalue weighted by atomic mass is 10.1. The molecule has 0 unspecified atom stereocenters. The number of nitrogens with one attached hydrogen (secondary N) is 3. The summed E-state index contributed by atoms with van der Waals surface area (Å²) in [4.78, 5) is 16.8. The van der Waals surface area contributed by atoms with Crippen LogP contribution in [0, 0.1) is 18.3 Å². The molecule has 0 atom stereocenters. The number of ether oxygens (including phenoxy) is 1. The third kappa shape index (κ3) is 9.21. The number of amides is 1. The van der Waals surface area contributed by atoms with Gasteiger partial charge in [0, 0.05) is 24.9 Å². The summed E-state index contributed by atoms with van der Waals surface area (Å²) in [6.45, 7) is 16.1. The van der Waals surface area contributed by atoms with E-state index in [1.54, 1.807) is 19.1 Å². The standard InChI is InChI=1S/C29H34N6O2.C3H6/c1-5-8-9-15-37-24-12-10-22(11-13-24)18-32-26-16-28-21(4)27(20-35(28)33-19-23(26)17-30)34-29(36)25(7-3)31-14-6-2;1-3-2/h6-14,20,32-33H,2,5,15-16,18-19H2,1,3-4H3,(H,34,36);3H,1H2,2H3/b9-8-,25-7-,31-14?;. The Balaban J connectivity index is 0.00000178. The SMILES string of the molecule is C=CC.C=CC=N/C(=C\C)C(=O)Nc1cn2c(c1C)CC(NCc1ccc(OC/C=C\CC)cc1)=C(C#N)CN2. The number of nitriles is 1. The van der Waals surface area contributed by atoms with Crippen molar-refractivity contribution in [1.82, 2.24) is 9.99 Å². The van der Waals surface area contributed by atoms with Crippen LogP contribution >= 0.6 is 0 Å². The van der Waals surface area contributed by atoms with Crippen molar-refractivity contribution in [2.75, 3.05) is 23.9 Å². The Morgan fingerprint density at radius 2 is 1.98 bits per heavy atom. The zero-order chi connectivity index (χ0) is 29.3. The predicted molar refractivity (Wildman–Crippen MR) is 165 cm³/mol. The van der Waals surface area contributed by atoms with Crippen molar-refractivity contribution in [3.8, 4) is 11.8 Å². The van der Waals surface area contributed by atoms with E-state index in [1.807, 2.05) is 55.1 Å². The zero-order valence-corrected chi connectivity index (χ0v) is 24.0. The van der Waals surface area contributed by atoms with Crippen LogP contribution in [0.15, 0.2) is 96.0 Å². The molecule has 1 aliphatic heterocycles. The highest BCUT2D eigenvalue weighted by Crippen LogP contribution is 2.26. The van der Waals surface area contributed by atoms with Gasteiger partial charge in [-0.3, -0.25) is 14.5 Å². The molecule has 2 aromatic rings. The molecule has 0 aliphatic carbocycles. The summed E-state index contributed by atoms with van der Waals surface area (Å²) in [6, 6.07) is 10.3. The van der Waals surface area contributed by atoms with Crippen LogP contribution in [0.1, 0.15) is 44.0 Å². The number of carbonyl (C=O) groups is 1. The van der Waals surface area contributed by atoms with Gasteiger partial charge in [0.25, 0.3) is 5.91 Å². The molecule has 1 aromatic carbocycles. The van der Waals surface area contributed by atoms with Gasteiger partial charge < -0.3 is 20.8 Å². The number of fused-ring (bicyclic) bond motifs is 1. The lowest BCUT2D eigenvalue weighted by Gasteiger charge is -2.13. The van der Waals surface area contributed by atoms with Crippen LogP contribution < -0.4 is 20.8 Å². The van der Waals surface area contributed by atoms with E-state index in [4.69, 9.17) is 4.74 Å². The topological polar surface area (TPSA) is 103 Å². The molecule has 1 aliphatic rings. The van der Waals surface area contributed by atoms with Crippen molar-refractivity contribution >= 4 is 17.8 Å². The highest BCUT2D eigenvalue weighted by atomic mass is 16.5. The molecule has 1 amide bonds. The Hall–Kier alpha value is -4.77. The lowest BCUT2D eigenvalue weighted by Crippen LogP contribution is -2.18. The number of allylic oxidation sites excluding steroid dienone is 5. The second kappa shape index (κ2) is 16.9. The number of aromatic nitrogens is 1. The first-order valence-electron chi connectivity index (χ1n) is 13.3. The minimum absolute atomic E-state index is 0.301. The van der Waals surface area contributed by atoms with E-state index in [2.05, 4.69) is 53.3 Å². The number of nitrogens with zero attached hydrogens (tertiary/aromatic N) is 3. The summed E-state index contributed by atoms with van der Waals surface area (Å²) in [5, 5.41) is 16.1. The van der Waals surface area contributed by atoms with Gasteiger partial charge in [-0.1, -0.05) is 56.0 Å². The summed E-state index contributed by atoms with van der Waals surface area (Å²) in [5.74, 6) is 0.518. The highest BCUT2D eigenvalue weighted by Gasteiger charge is 2.21. The Labute approximate surface area is 238 Å². The van der Waals surface area contributed by atoms with Crippen LogP contribution in [0.5, 0.6) is 5.75 Å². The molecule has 8 heteroatoms. The summed E-state index contributed by atoms with van der Waals surface area (Å²) in [7, 11) is 0. The Kier molecular flexibility index (Phi) is 13.3. The van der Waals surface area contributed by atoms with Gasteiger partial charge in [-0.15, -0.1) is 6.58 Å². The minimum Gasteiger partial charge on any atom is -0.490 e. The Bertz CT molecular complexity index is 1320. The summed E-state index contributed by atoms with van der Waals surface area (Å²) in [5.41, 5.74) is 8.71. The smallest absolute Gasteiger partial charge is 0.273 e. The van der Waals surface area contributed by atoms with Crippen molar-refractivity contribution in [3.05, 3.63) is 108 Å². The number of hydrogen-bond donors (Lipinski definition) is 3. The molecule has 0 saturated carbocycles. The fourth-order valence-electron chi connectivity index (χ4n) is 3.82. The Morgan fingerprint density at radius 1 is 1.25 bits per heavy atom. The van der Waals surface area contributed by atoms with Crippen molar-refractivity contribution in [1.29, 1.82) is 5.26 Å². The van der Waals surface area contributed by atoms with Crippen LogP contribution in [0.2, 0.25) is 0 Å². The quantitative estimate of drug-likeness (QED) is 0.182. The summed E-state index contributed by atoms with van der Waals surface area (Å²) in [6.07, 6.45) is 13.8. The van der Waals surface area contributed by atoms with Gasteiger partial charge in [0.05, 0.1) is 35.8 Å². The molecule has 0 radical (unpaired) electrons. The van der Waals surface area contributed by atoms with Gasteiger partial charge in [0.1, 0.15) is 18.1 Å². The fraction of sp³-hybridized carbons (Fsp3) is 0.281. The maximum atomic E-state index is 12.7. The van der Waals surface area contributed by atoms with E-state index in [0.717, 1.165) is 34.7 Å². The van der Waals surface area contributed by atoms with Gasteiger partial charge in [-0.2, -0.15) is 5.26 Å². The van der Waals surface area contributed by atoms with Crippen molar-refractivity contribution in [3.63, 3.8) is 0 Å². The number of anilines is 1. The summed E-state index contributed by atoms with van der Waals surface area (Å²) >= 11 is 0. The molecule has 8 nitrogen and oxygen atoms in total. The molecule has 0 spiro atoms. The maximum absolute atomic E-state index is 12.7. The third-order valence-electron chi connectivity index (χ3n) is 5.91. The first-order chi connectivity index (χ1) is 19.4. The van der Waals surface area contributed by atoms with E-state index in [-0.39, 0.29) is 5.91 Å². The average molecular weight is 541 g/mol. The molecule has 210 valence electrons. The number of benzene rings is 1. The number of rotatable bonds is 11. The molecule has 3 rings (SSSR count). The van der Waals surface area contributed by atoms with Crippen LogP contribution in [-0.4, -0.2) is 29.9 Å². The number of carbonyl (C=O) groups excluding carboxylic acids is 1. The molecule has 1 aromatic heterocycles. The van der Waals surface area contributed by atoms with Gasteiger partial charge in [-0.05, 0) is 50.5 Å². The van der Waals surface area contributed by atoms with Gasteiger partial charge >= 0.3 is 0 Å². The van der Waals surface area contributed by atoms with E-state index in [0.29, 0.717) is 43.1 Å². The summed E-state index contributed by atoms with van der Waals surface area (Å²) < 4.78 is 7.59. The van der Waals surface area contributed by atoms with E-state index < -0.39 is 0 Å². The van der Waals surface area contributed by atoms with Crippen LogP contribution in [-0.2, 0) is 17.8 Å². The van der Waals surface area contributed by atoms with Crippen molar-refractivity contribution in [2.45, 2.75) is 47.1 Å². The third-order valence-corrected chi connectivity index (χ3v) is 5.91. The van der Waals surface area contributed by atoms with E-state index in [9.17, 15) is 10.1 Å². The molecule has 0 fully saturated rings. The second-order valence-corrected chi connectivity index (χ2v) is 8.80. The molecule has 2 heterocycles. The largest absolute Gasteiger partial charge is 0.490 e. The minimum atomic E-state index is -0.301. The van der Waals surface area contributed by atoms with E-state index in [1.165, 1.54) is 12.3 Å².